The van der Waals surface area contributed by atoms with E-state index in [1.165, 1.54) is 0 Å². The number of rotatable bonds is 14. The molecule has 4 heterocycles. The fourth-order valence-corrected chi connectivity index (χ4v) is 16.6. The predicted octanol–water partition coefficient (Wildman–Crippen LogP) is -1.17. The molecular formula is C49H80O20. The first-order valence-electron chi connectivity index (χ1n) is 25.4. The highest BCUT2D eigenvalue weighted by molar-refractivity contribution is 5.81. The molecule has 0 amide bonds. The average molecular weight is 989 g/mol. The molecule has 20 heteroatoms. The Kier molecular flexibility index (Phi) is 14.2. The summed E-state index contributed by atoms with van der Waals surface area (Å²) in [5, 5.41) is 114. The van der Waals surface area contributed by atoms with Crippen molar-refractivity contribution in [2.24, 2.45) is 56.7 Å². The maximum Gasteiger partial charge on any atom is 0.187 e. The summed E-state index contributed by atoms with van der Waals surface area (Å²) in [5.74, 6) is -0.919. The van der Waals surface area contributed by atoms with Crippen LogP contribution in [0.3, 0.4) is 0 Å². The van der Waals surface area contributed by atoms with Crippen LogP contribution in [0.25, 0.3) is 0 Å². The predicted molar refractivity (Wildman–Crippen MR) is 236 cm³/mol. The van der Waals surface area contributed by atoms with E-state index in [0.717, 1.165) is 38.5 Å². The van der Waals surface area contributed by atoms with Crippen LogP contribution in [-0.2, 0) is 42.7 Å². The smallest absolute Gasteiger partial charge is 0.187 e. The number of aliphatic hydroxyl groups excluding tert-OH is 11. The fourth-order valence-electron chi connectivity index (χ4n) is 16.6. The molecule has 69 heavy (non-hydrogen) atoms. The van der Waals surface area contributed by atoms with E-state index in [1.54, 1.807) is 14.0 Å². The number of carbonyl (C=O) groups excluding carboxylic acids is 1. The van der Waals surface area contributed by atoms with Gasteiger partial charge < -0.3 is 94.1 Å². The van der Waals surface area contributed by atoms with E-state index in [2.05, 4.69) is 34.6 Å². The Morgan fingerprint density at radius 2 is 1.17 bits per heavy atom. The third-order valence-corrected chi connectivity index (χ3v) is 20.5. The van der Waals surface area contributed by atoms with Gasteiger partial charge in [0, 0.05) is 31.8 Å². The molecule has 11 N–H and O–H groups in total. The van der Waals surface area contributed by atoms with Gasteiger partial charge in [-0.25, -0.2) is 0 Å². The van der Waals surface area contributed by atoms with Crippen molar-refractivity contribution in [3.05, 3.63) is 0 Å². The third kappa shape index (κ3) is 7.82. The lowest BCUT2D eigenvalue weighted by Gasteiger charge is -2.63. The molecule has 4 saturated heterocycles. The van der Waals surface area contributed by atoms with Gasteiger partial charge in [-0.3, -0.25) is 4.79 Å². The van der Waals surface area contributed by atoms with Crippen molar-refractivity contribution >= 4 is 5.78 Å². The molecule has 5 saturated carbocycles. The standard InChI is InChI=1S/C49H80O20/c1-21(18-63-41-37(60)34(57)31(54)25(15-50)64-41)23(53)14-24-22(2)40-45(5)12-13-48-20-47(48)11-10-30(44(3,4)28(47)8-9-29(48)46(45,6)19-49(40,62-7)69-24)67-43-39(36(59)33(56)27(17-52)66-43)68-42-38(61)35(58)32(55)26(16-51)65-42/h21-22,24-43,50-52,54-61H,8-20H2,1-7H3/t21-,22+,24+,25+,26+,27+,28+,29+,30-,31+,32+,33+,34-,35-,36-,37+,38+,39+,40+,41+,42-,43-,45+,46+,47+,48-,49-/m1/s1. The highest BCUT2D eigenvalue weighted by Crippen LogP contribution is 2.90. The molecule has 0 aromatic rings. The lowest BCUT2D eigenvalue weighted by molar-refractivity contribution is -0.377. The number of aliphatic hydroxyl groups is 11. The van der Waals surface area contributed by atoms with Crippen molar-refractivity contribution in [1.29, 1.82) is 0 Å². The highest BCUT2D eigenvalue weighted by atomic mass is 16.8. The van der Waals surface area contributed by atoms with Gasteiger partial charge in [0.15, 0.2) is 24.7 Å². The van der Waals surface area contributed by atoms with Crippen molar-refractivity contribution in [1.82, 2.24) is 0 Å². The van der Waals surface area contributed by atoms with E-state index < -0.39 is 141 Å². The van der Waals surface area contributed by atoms with E-state index in [1.807, 2.05) is 0 Å². The Morgan fingerprint density at radius 3 is 1.78 bits per heavy atom. The maximum absolute atomic E-state index is 13.8. The largest absolute Gasteiger partial charge is 0.394 e. The molecule has 0 radical (unpaired) electrons. The maximum atomic E-state index is 13.8. The summed E-state index contributed by atoms with van der Waals surface area (Å²) in [5.41, 5.74) is -0.569. The summed E-state index contributed by atoms with van der Waals surface area (Å²) in [6.45, 7) is 11.2. The van der Waals surface area contributed by atoms with Crippen molar-refractivity contribution in [2.45, 2.75) is 209 Å². The topological polar surface area (TPSA) is 313 Å². The van der Waals surface area contributed by atoms with Gasteiger partial charge in [0.05, 0.1) is 38.6 Å². The summed E-state index contributed by atoms with van der Waals surface area (Å²) in [7, 11) is 1.72. The number of fused-ring (bicyclic) bond motifs is 4. The molecule has 0 aromatic heterocycles. The van der Waals surface area contributed by atoms with Crippen LogP contribution in [0.5, 0.6) is 0 Å². The summed E-state index contributed by atoms with van der Waals surface area (Å²) in [6.07, 6.45) is -15.8. The first-order valence-corrected chi connectivity index (χ1v) is 25.4. The number of ketones is 1. The Balaban J connectivity index is 0.877. The van der Waals surface area contributed by atoms with Gasteiger partial charge in [0.2, 0.25) is 0 Å². The lowest BCUT2D eigenvalue weighted by Crippen LogP contribution is -2.65. The number of hydrogen-bond acceptors (Lipinski definition) is 20. The molecule has 9 rings (SSSR count). The summed E-state index contributed by atoms with van der Waals surface area (Å²) < 4.78 is 49.3. The molecule has 0 unspecified atom stereocenters. The molecule has 20 nitrogen and oxygen atoms in total. The average Bonchev–Trinajstić information content (AvgIpc) is 3.84. The van der Waals surface area contributed by atoms with Crippen LogP contribution in [0.4, 0.5) is 0 Å². The second kappa shape index (κ2) is 18.6. The van der Waals surface area contributed by atoms with Gasteiger partial charge in [-0.1, -0.05) is 41.5 Å². The summed E-state index contributed by atoms with van der Waals surface area (Å²) in [6, 6.07) is 0. The Labute approximate surface area is 403 Å². The van der Waals surface area contributed by atoms with E-state index in [9.17, 15) is 61.0 Å². The second-order valence-electron chi connectivity index (χ2n) is 23.8. The van der Waals surface area contributed by atoms with Crippen LogP contribution < -0.4 is 0 Å². The minimum atomic E-state index is -1.77. The molecule has 396 valence electrons. The molecule has 2 spiro atoms. The Bertz CT molecular complexity index is 1860. The summed E-state index contributed by atoms with van der Waals surface area (Å²) in [4.78, 5) is 13.8. The molecule has 0 bridgehead atoms. The molecule has 9 fully saturated rings. The van der Waals surface area contributed by atoms with Crippen molar-refractivity contribution in [3.63, 3.8) is 0 Å². The second-order valence-corrected chi connectivity index (χ2v) is 23.8. The van der Waals surface area contributed by atoms with Crippen LogP contribution in [0.1, 0.15) is 99.3 Å². The molecular weight excluding hydrogens is 909 g/mol. The van der Waals surface area contributed by atoms with Crippen LogP contribution in [0, 0.1) is 56.7 Å². The van der Waals surface area contributed by atoms with E-state index in [0.29, 0.717) is 18.8 Å². The number of methoxy groups -OCH3 is 1. The SMILES string of the molecule is CO[C@@]12C[C@@]3(C)[C@@H]4CC[C@H]5C(C)(C)[C@H](O[C@H]6O[C@@H](CO)[C@H](O)[C@@H](O)[C@@H]6O[C@H]6O[C@@H](CO)[C@H](O)[C@@H](O)[C@@H]6O)CC[C@]56C[C@]46CC[C@@]3(C)[C@@H]1[C@@H](C)[C@H](CC(=O)[C@H](C)CO[C@H]1O[C@@H](CO)[C@H](O)[C@@H](O)[C@@H]1O)O2. The van der Waals surface area contributed by atoms with Crippen molar-refractivity contribution in [2.75, 3.05) is 33.5 Å². The molecule has 27 atom stereocenters. The molecule has 9 aliphatic rings. The first-order chi connectivity index (χ1) is 32.5. The van der Waals surface area contributed by atoms with Crippen LogP contribution in [-0.4, -0.2) is 206 Å². The van der Waals surface area contributed by atoms with Gasteiger partial charge in [-0.15, -0.1) is 0 Å². The number of Topliss-reactive ketones (excluding diaryl/α,β-unsaturated/α-hetero) is 1. The van der Waals surface area contributed by atoms with Gasteiger partial charge >= 0.3 is 0 Å². The van der Waals surface area contributed by atoms with Gasteiger partial charge in [0.25, 0.3) is 0 Å². The first kappa shape index (κ1) is 52.8. The van der Waals surface area contributed by atoms with Crippen LogP contribution in [0.2, 0.25) is 0 Å². The zero-order chi connectivity index (χ0) is 50.1. The number of ether oxygens (including phenoxy) is 8. The normalized spacial score (nSPS) is 55.8. The van der Waals surface area contributed by atoms with Crippen molar-refractivity contribution in [3.8, 4) is 0 Å². The minimum Gasteiger partial charge on any atom is -0.394 e. The molecule has 4 aliphatic heterocycles. The van der Waals surface area contributed by atoms with E-state index in [4.69, 9.17) is 37.9 Å². The number of carbonyl (C=O) groups is 1. The van der Waals surface area contributed by atoms with Gasteiger partial charge in [0.1, 0.15) is 79.0 Å². The van der Waals surface area contributed by atoms with E-state index in [-0.39, 0.29) is 58.2 Å². The Hall–Kier alpha value is -1.09. The zero-order valence-corrected chi connectivity index (χ0v) is 41.0. The minimum absolute atomic E-state index is 0.00931. The lowest BCUT2D eigenvalue weighted by atomic mass is 9.41. The van der Waals surface area contributed by atoms with Gasteiger partial charge in [-0.2, -0.15) is 0 Å². The monoisotopic (exact) mass is 989 g/mol. The zero-order valence-electron chi connectivity index (χ0n) is 41.0. The van der Waals surface area contributed by atoms with Crippen LogP contribution in [0.15, 0.2) is 0 Å². The Morgan fingerprint density at radius 1 is 0.623 bits per heavy atom. The fraction of sp³-hybridized carbons (Fsp3) is 0.980. The van der Waals surface area contributed by atoms with Gasteiger partial charge in [-0.05, 0) is 89.8 Å². The van der Waals surface area contributed by atoms with Crippen LogP contribution >= 0.6 is 0 Å². The number of hydrogen-bond donors (Lipinski definition) is 11. The third-order valence-electron chi connectivity index (χ3n) is 20.5. The molecule has 0 aromatic carbocycles. The van der Waals surface area contributed by atoms with Crippen molar-refractivity contribution < 1.29 is 98.9 Å². The quantitative estimate of drug-likeness (QED) is 0.0915. The highest BCUT2D eigenvalue weighted by Gasteiger charge is 2.85. The van der Waals surface area contributed by atoms with E-state index >= 15 is 0 Å². The molecule has 5 aliphatic carbocycles. The summed E-state index contributed by atoms with van der Waals surface area (Å²) >= 11 is 0.